The molecular formula is C17H17N5O3S. The van der Waals surface area contributed by atoms with Gasteiger partial charge in [0.15, 0.2) is 6.61 Å². The Balaban J connectivity index is 1.63. The van der Waals surface area contributed by atoms with Crippen molar-refractivity contribution in [2.75, 3.05) is 18.2 Å². The Hall–Kier alpha value is -2.94. The fourth-order valence-corrected chi connectivity index (χ4v) is 2.81. The lowest BCUT2D eigenvalue weighted by atomic mass is 10.3. The van der Waals surface area contributed by atoms with Crippen LogP contribution in [0.1, 0.15) is 22.0 Å². The predicted molar refractivity (Wildman–Crippen MR) is 97.4 cm³/mol. The number of aryl methyl sites for hydroxylation is 2. The first-order valence-corrected chi connectivity index (χ1v) is 9.01. The number of nitrogens with one attached hydrogen (secondary N) is 1. The minimum atomic E-state index is -0.777. The Morgan fingerprint density at radius 1 is 1.23 bits per heavy atom. The second-order valence-electron chi connectivity index (χ2n) is 5.54. The van der Waals surface area contributed by atoms with Gasteiger partial charge in [0, 0.05) is 22.0 Å². The molecule has 0 aliphatic heterocycles. The summed E-state index contributed by atoms with van der Waals surface area (Å²) in [5.74, 6) is -1.04. The van der Waals surface area contributed by atoms with E-state index in [9.17, 15) is 9.59 Å². The van der Waals surface area contributed by atoms with Gasteiger partial charge in [-0.05, 0) is 44.4 Å². The highest BCUT2D eigenvalue weighted by Crippen LogP contribution is 2.18. The fourth-order valence-electron chi connectivity index (χ4n) is 2.35. The Morgan fingerprint density at radius 2 is 2.04 bits per heavy atom. The van der Waals surface area contributed by atoms with E-state index in [1.807, 2.05) is 44.4 Å². The van der Waals surface area contributed by atoms with Gasteiger partial charge in [-0.25, -0.2) is 14.3 Å². The Labute approximate surface area is 154 Å². The van der Waals surface area contributed by atoms with Crippen LogP contribution in [-0.2, 0) is 9.53 Å². The molecule has 3 rings (SSSR count). The molecule has 9 heteroatoms. The lowest BCUT2D eigenvalue weighted by Gasteiger charge is -2.06. The summed E-state index contributed by atoms with van der Waals surface area (Å²) in [5, 5.41) is 6.75. The molecular weight excluding hydrogens is 354 g/mol. The number of fused-ring (bicyclic) bond motifs is 1. The minimum Gasteiger partial charge on any atom is -0.450 e. The minimum absolute atomic E-state index is 0.136. The molecule has 0 saturated heterocycles. The van der Waals surface area contributed by atoms with Crippen LogP contribution in [0.25, 0.3) is 5.78 Å². The van der Waals surface area contributed by atoms with Crippen molar-refractivity contribution >= 4 is 35.1 Å². The summed E-state index contributed by atoms with van der Waals surface area (Å²) >= 11 is 1.57. The van der Waals surface area contributed by atoms with Crippen molar-refractivity contribution in [1.29, 1.82) is 0 Å². The highest BCUT2D eigenvalue weighted by Gasteiger charge is 2.17. The highest BCUT2D eigenvalue weighted by molar-refractivity contribution is 7.98. The molecule has 2 aromatic heterocycles. The van der Waals surface area contributed by atoms with Crippen molar-refractivity contribution in [2.24, 2.45) is 0 Å². The summed E-state index contributed by atoms with van der Waals surface area (Å²) in [6, 6.07) is 9.20. The molecule has 0 radical (unpaired) electrons. The average Bonchev–Trinajstić information content (AvgIpc) is 3.04. The molecule has 2 heterocycles. The lowest BCUT2D eigenvalue weighted by molar-refractivity contribution is -0.119. The quantitative estimate of drug-likeness (QED) is 0.542. The second-order valence-corrected chi connectivity index (χ2v) is 6.42. The molecule has 26 heavy (non-hydrogen) atoms. The average molecular weight is 371 g/mol. The van der Waals surface area contributed by atoms with Crippen molar-refractivity contribution in [1.82, 2.24) is 19.6 Å². The van der Waals surface area contributed by atoms with Crippen LogP contribution in [0.2, 0.25) is 0 Å². The highest BCUT2D eigenvalue weighted by atomic mass is 32.2. The van der Waals surface area contributed by atoms with E-state index in [2.05, 4.69) is 20.4 Å². The van der Waals surface area contributed by atoms with Crippen LogP contribution in [0.4, 0.5) is 5.69 Å². The van der Waals surface area contributed by atoms with E-state index < -0.39 is 18.5 Å². The lowest BCUT2D eigenvalue weighted by Crippen LogP contribution is -2.21. The predicted octanol–water partition coefficient (Wildman–Crippen LogP) is 2.26. The van der Waals surface area contributed by atoms with Gasteiger partial charge in [-0.1, -0.05) is 6.07 Å². The maximum absolute atomic E-state index is 12.1. The molecule has 1 N–H and O–H groups in total. The first-order chi connectivity index (χ1) is 12.5. The number of hydrogen-bond donors (Lipinski definition) is 1. The van der Waals surface area contributed by atoms with Crippen LogP contribution in [0.3, 0.4) is 0 Å². The third-order valence-corrected chi connectivity index (χ3v) is 4.21. The molecule has 3 aromatic rings. The van der Waals surface area contributed by atoms with Gasteiger partial charge in [0.2, 0.25) is 0 Å². The second kappa shape index (κ2) is 7.52. The van der Waals surface area contributed by atoms with Gasteiger partial charge in [0.25, 0.3) is 17.5 Å². The van der Waals surface area contributed by atoms with E-state index in [0.29, 0.717) is 11.5 Å². The summed E-state index contributed by atoms with van der Waals surface area (Å²) in [5.41, 5.74) is 2.21. The number of thioether (sulfide) groups is 1. The molecule has 0 aliphatic rings. The number of aromatic nitrogens is 4. The molecule has 1 aromatic carbocycles. The number of amides is 1. The normalized spacial score (nSPS) is 10.7. The number of anilines is 1. The number of esters is 1. The van der Waals surface area contributed by atoms with Gasteiger partial charge in [-0.15, -0.1) is 16.9 Å². The number of carbonyl (C=O) groups is 2. The van der Waals surface area contributed by atoms with E-state index >= 15 is 0 Å². The molecule has 0 saturated carbocycles. The summed E-state index contributed by atoms with van der Waals surface area (Å²) in [7, 11) is 0. The molecule has 0 aliphatic carbocycles. The van der Waals surface area contributed by atoms with E-state index in [1.165, 1.54) is 4.52 Å². The third kappa shape index (κ3) is 3.99. The molecule has 0 unspecified atom stereocenters. The van der Waals surface area contributed by atoms with Crippen molar-refractivity contribution < 1.29 is 14.3 Å². The number of rotatable bonds is 5. The van der Waals surface area contributed by atoms with E-state index in [-0.39, 0.29) is 5.82 Å². The number of hydrogen-bond acceptors (Lipinski definition) is 7. The molecule has 0 bridgehead atoms. The molecule has 0 spiro atoms. The first-order valence-electron chi connectivity index (χ1n) is 7.78. The van der Waals surface area contributed by atoms with E-state index in [1.54, 1.807) is 17.8 Å². The fraction of sp³-hybridized carbons (Fsp3) is 0.235. The Bertz CT molecular complexity index is 986. The zero-order chi connectivity index (χ0) is 18.7. The van der Waals surface area contributed by atoms with Gasteiger partial charge in [0.05, 0.1) is 0 Å². The summed E-state index contributed by atoms with van der Waals surface area (Å²) in [4.78, 5) is 33.3. The SMILES string of the molecule is CSc1cccc(NC(=O)COC(=O)c2nc3nc(C)cc(C)n3n2)c1. The zero-order valence-corrected chi connectivity index (χ0v) is 15.3. The molecule has 8 nitrogen and oxygen atoms in total. The first kappa shape index (κ1) is 17.9. The summed E-state index contributed by atoms with van der Waals surface area (Å²) < 4.78 is 6.45. The van der Waals surface area contributed by atoms with Gasteiger partial charge in [-0.2, -0.15) is 4.98 Å². The van der Waals surface area contributed by atoms with Gasteiger partial charge >= 0.3 is 5.97 Å². The number of benzene rings is 1. The summed E-state index contributed by atoms with van der Waals surface area (Å²) in [6.07, 6.45) is 1.95. The van der Waals surface area contributed by atoms with Crippen LogP contribution >= 0.6 is 11.8 Å². The van der Waals surface area contributed by atoms with Crippen LogP contribution in [0, 0.1) is 13.8 Å². The molecule has 1 amide bonds. The monoisotopic (exact) mass is 371 g/mol. The van der Waals surface area contributed by atoms with Gasteiger partial charge < -0.3 is 10.1 Å². The summed E-state index contributed by atoms with van der Waals surface area (Å²) in [6.45, 7) is 3.24. The van der Waals surface area contributed by atoms with Crippen LogP contribution in [-0.4, -0.2) is 44.3 Å². The van der Waals surface area contributed by atoms with E-state index in [4.69, 9.17) is 4.74 Å². The molecule has 0 fully saturated rings. The van der Waals surface area contributed by atoms with Crippen molar-refractivity contribution in [3.05, 3.63) is 47.5 Å². The standard InChI is InChI=1S/C17H17N5O3S/c1-10-7-11(2)22-17(18-10)20-15(21-22)16(24)25-9-14(23)19-12-5-4-6-13(8-12)26-3/h4-8H,9H2,1-3H3,(H,19,23). The molecule has 0 atom stereocenters. The van der Waals surface area contributed by atoms with Gasteiger partial charge in [-0.3, -0.25) is 4.79 Å². The van der Waals surface area contributed by atoms with Crippen LogP contribution in [0.5, 0.6) is 0 Å². The molecule has 134 valence electrons. The van der Waals surface area contributed by atoms with Crippen molar-refractivity contribution in [3.63, 3.8) is 0 Å². The van der Waals surface area contributed by atoms with Crippen molar-refractivity contribution in [2.45, 2.75) is 18.7 Å². The largest absolute Gasteiger partial charge is 0.450 e. The van der Waals surface area contributed by atoms with Crippen molar-refractivity contribution in [3.8, 4) is 0 Å². The van der Waals surface area contributed by atoms with Crippen LogP contribution in [0.15, 0.2) is 35.2 Å². The number of carbonyl (C=O) groups excluding carboxylic acids is 2. The Morgan fingerprint density at radius 3 is 2.81 bits per heavy atom. The topological polar surface area (TPSA) is 98.5 Å². The number of ether oxygens (including phenoxy) is 1. The number of nitrogens with zero attached hydrogens (tertiary/aromatic N) is 4. The van der Waals surface area contributed by atoms with Crippen LogP contribution < -0.4 is 5.32 Å². The zero-order valence-electron chi connectivity index (χ0n) is 14.5. The van der Waals surface area contributed by atoms with Gasteiger partial charge in [0.1, 0.15) is 0 Å². The maximum atomic E-state index is 12.1. The van der Waals surface area contributed by atoms with E-state index in [0.717, 1.165) is 16.3 Å². The smallest absolute Gasteiger partial charge is 0.378 e. The maximum Gasteiger partial charge on any atom is 0.378 e. The Kier molecular flexibility index (Phi) is 5.17. The third-order valence-electron chi connectivity index (χ3n) is 3.49.